The fourth-order valence-electron chi connectivity index (χ4n) is 4.61. The Morgan fingerprint density at radius 2 is 2.09 bits per heavy atom. The lowest BCUT2D eigenvalue weighted by atomic mass is 9.85. The molecule has 0 saturated carbocycles. The second-order valence-electron chi connectivity index (χ2n) is 9.44. The average Bonchev–Trinajstić information content (AvgIpc) is 3.46. The molecular formula is C25H28N6O3. The van der Waals surface area contributed by atoms with E-state index in [1.807, 2.05) is 40.8 Å². The highest BCUT2D eigenvalue weighted by Crippen LogP contribution is 2.37. The van der Waals surface area contributed by atoms with E-state index in [1.54, 1.807) is 18.5 Å². The number of carbonyl (C=O) groups excluding carboxylic acids is 2. The van der Waals surface area contributed by atoms with Gasteiger partial charge in [0.05, 0.1) is 13.2 Å². The Bertz CT molecular complexity index is 1220. The van der Waals surface area contributed by atoms with E-state index in [0.717, 1.165) is 37.4 Å². The molecule has 1 aromatic carbocycles. The molecule has 1 N–H and O–H groups in total. The zero-order valence-electron chi connectivity index (χ0n) is 19.4. The van der Waals surface area contributed by atoms with E-state index in [1.165, 1.54) is 6.20 Å². The largest absolute Gasteiger partial charge is 0.380 e. The Labute approximate surface area is 198 Å². The number of nitrogens with one attached hydrogen (secondary N) is 1. The zero-order chi connectivity index (χ0) is 23.7. The van der Waals surface area contributed by atoms with Crippen LogP contribution in [-0.4, -0.2) is 62.8 Å². The third kappa shape index (κ3) is 4.43. The minimum Gasteiger partial charge on any atom is -0.380 e. The van der Waals surface area contributed by atoms with Crippen LogP contribution in [0.1, 0.15) is 51.5 Å². The van der Waals surface area contributed by atoms with Crippen LogP contribution in [0.25, 0.3) is 0 Å². The monoisotopic (exact) mass is 460 g/mol. The third-order valence-corrected chi connectivity index (χ3v) is 6.79. The van der Waals surface area contributed by atoms with E-state index in [2.05, 4.69) is 27.4 Å². The van der Waals surface area contributed by atoms with Crippen LogP contribution in [0.3, 0.4) is 0 Å². The fraction of sp³-hybridized carbons (Fsp3) is 0.400. The van der Waals surface area contributed by atoms with E-state index in [4.69, 9.17) is 4.74 Å². The number of hydrogen-bond acceptors (Lipinski definition) is 6. The van der Waals surface area contributed by atoms with Gasteiger partial charge in [0.15, 0.2) is 0 Å². The maximum absolute atomic E-state index is 13.0. The van der Waals surface area contributed by atoms with Crippen LogP contribution in [-0.2, 0) is 18.2 Å². The molecule has 9 nitrogen and oxygen atoms in total. The summed E-state index contributed by atoms with van der Waals surface area (Å²) in [4.78, 5) is 32.0. The smallest absolute Gasteiger partial charge is 0.274 e. The molecule has 1 spiro atoms. The van der Waals surface area contributed by atoms with Gasteiger partial charge in [-0.2, -0.15) is 0 Å². The molecule has 2 aliphatic heterocycles. The second-order valence-corrected chi connectivity index (χ2v) is 9.44. The summed E-state index contributed by atoms with van der Waals surface area (Å²) in [5.41, 5.74) is 2.57. The number of rotatable bonds is 6. The van der Waals surface area contributed by atoms with E-state index in [9.17, 15) is 9.59 Å². The van der Waals surface area contributed by atoms with Crippen molar-refractivity contribution in [2.45, 2.75) is 25.7 Å². The summed E-state index contributed by atoms with van der Waals surface area (Å²) in [5.74, 6) is 0.683. The van der Waals surface area contributed by atoms with Crippen LogP contribution >= 0.6 is 0 Å². The minimum absolute atomic E-state index is 0.0696. The molecule has 4 heterocycles. The van der Waals surface area contributed by atoms with Crippen molar-refractivity contribution in [2.75, 3.05) is 31.6 Å². The number of pyridine rings is 1. The zero-order valence-corrected chi connectivity index (χ0v) is 19.4. The highest BCUT2D eigenvalue weighted by molar-refractivity contribution is 6.04. The van der Waals surface area contributed by atoms with Gasteiger partial charge >= 0.3 is 0 Å². The van der Waals surface area contributed by atoms with Crippen molar-refractivity contribution in [1.29, 1.82) is 0 Å². The SMILES string of the molecule is C[C@H](Cc1nncn1C)c1cccc(NC(=O)c2cc(C(=O)N3CCC4(COC4)C3)ccn2)c1. The Morgan fingerprint density at radius 3 is 2.79 bits per heavy atom. The van der Waals surface area contributed by atoms with Gasteiger partial charge in [0.25, 0.3) is 11.8 Å². The van der Waals surface area contributed by atoms with Gasteiger partial charge in [-0.05, 0) is 42.2 Å². The summed E-state index contributed by atoms with van der Waals surface area (Å²) in [6.07, 6.45) is 4.90. The summed E-state index contributed by atoms with van der Waals surface area (Å²) in [6, 6.07) is 11.0. The first-order valence-electron chi connectivity index (χ1n) is 11.5. The third-order valence-electron chi connectivity index (χ3n) is 6.79. The average molecular weight is 461 g/mol. The first-order valence-corrected chi connectivity index (χ1v) is 11.5. The number of hydrogen-bond donors (Lipinski definition) is 1. The lowest BCUT2D eigenvalue weighted by Crippen LogP contribution is -2.45. The highest BCUT2D eigenvalue weighted by Gasteiger charge is 2.45. The number of likely N-dealkylation sites (tertiary alicyclic amines) is 1. The predicted molar refractivity (Wildman–Crippen MR) is 126 cm³/mol. The van der Waals surface area contributed by atoms with Gasteiger partial charge in [-0.15, -0.1) is 10.2 Å². The molecule has 34 heavy (non-hydrogen) atoms. The molecule has 2 saturated heterocycles. The molecular weight excluding hydrogens is 432 g/mol. The van der Waals surface area contributed by atoms with Gasteiger partial charge in [0.1, 0.15) is 17.8 Å². The van der Waals surface area contributed by atoms with E-state index >= 15 is 0 Å². The normalized spacial score (nSPS) is 17.4. The van der Waals surface area contributed by atoms with Crippen LogP contribution in [0, 0.1) is 5.41 Å². The Morgan fingerprint density at radius 1 is 1.24 bits per heavy atom. The first kappa shape index (κ1) is 22.2. The fourth-order valence-corrected chi connectivity index (χ4v) is 4.61. The number of anilines is 1. The summed E-state index contributed by atoms with van der Waals surface area (Å²) < 4.78 is 7.25. The first-order chi connectivity index (χ1) is 16.4. The van der Waals surface area contributed by atoms with Crippen molar-refractivity contribution in [2.24, 2.45) is 12.5 Å². The molecule has 2 amide bonds. The summed E-state index contributed by atoms with van der Waals surface area (Å²) in [7, 11) is 1.92. The summed E-state index contributed by atoms with van der Waals surface area (Å²) >= 11 is 0. The summed E-state index contributed by atoms with van der Waals surface area (Å²) in [6.45, 7) is 4.97. The maximum Gasteiger partial charge on any atom is 0.274 e. The molecule has 9 heteroatoms. The van der Waals surface area contributed by atoms with E-state index in [-0.39, 0.29) is 28.8 Å². The molecule has 176 valence electrons. The summed E-state index contributed by atoms with van der Waals surface area (Å²) in [5, 5.41) is 11.0. The maximum atomic E-state index is 13.0. The molecule has 2 fully saturated rings. The van der Waals surface area contributed by atoms with Crippen molar-refractivity contribution in [3.05, 3.63) is 71.6 Å². The van der Waals surface area contributed by atoms with Gasteiger partial charge in [-0.3, -0.25) is 14.6 Å². The lowest BCUT2D eigenvalue weighted by molar-refractivity contribution is -0.103. The van der Waals surface area contributed by atoms with Crippen LogP contribution in [0.2, 0.25) is 0 Å². The number of amides is 2. The molecule has 3 aromatic rings. The number of aryl methyl sites for hydroxylation is 1. The second kappa shape index (κ2) is 8.98. The number of nitrogens with zero attached hydrogens (tertiary/aromatic N) is 5. The van der Waals surface area contributed by atoms with E-state index in [0.29, 0.717) is 24.3 Å². The number of carbonyl (C=O) groups is 2. The highest BCUT2D eigenvalue weighted by atomic mass is 16.5. The lowest BCUT2D eigenvalue weighted by Gasteiger charge is -2.37. The van der Waals surface area contributed by atoms with Crippen molar-refractivity contribution in [3.8, 4) is 0 Å². The molecule has 5 rings (SSSR count). The van der Waals surface area contributed by atoms with Gasteiger partial charge in [0.2, 0.25) is 0 Å². The molecule has 0 unspecified atom stereocenters. The molecule has 0 aliphatic carbocycles. The Balaban J connectivity index is 1.25. The minimum atomic E-state index is -0.349. The van der Waals surface area contributed by atoms with Gasteiger partial charge < -0.3 is 19.5 Å². The Kier molecular flexibility index (Phi) is 5.87. The number of benzene rings is 1. The van der Waals surface area contributed by atoms with Crippen LogP contribution in [0.5, 0.6) is 0 Å². The molecule has 0 radical (unpaired) electrons. The quantitative estimate of drug-likeness (QED) is 0.607. The van der Waals surface area contributed by atoms with Gasteiger partial charge in [-0.25, -0.2) is 0 Å². The van der Waals surface area contributed by atoms with Gasteiger partial charge in [-0.1, -0.05) is 19.1 Å². The molecule has 2 aromatic heterocycles. The van der Waals surface area contributed by atoms with Crippen molar-refractivity contribution in [3.63, 3.8) is 0 Å². The number of aromatic nitrogens is 4. The molecule has 1 atom stereocenters. The molecule has 0 bridgehead atoms. The predicted octanol–water partition coefficient (Wildman–Crippen LogP) is 2.67. The molecule has 2 aliphatic rings. The topological polar surface area (TPSA) is 102 Å². The van der Waals surface area contributed by atoms with Crippen molar-refractivity contribution in [1.82, 2.24) is 24.6 Å². The standard InChI is InChI=1S/C25H28N6O3/c1-17(10-22-29-27-16-30(22)2)18-4-3-5-20(11-18)28-23(32)21-12-19(6-8-26-21)24(33)31-9-7-25(13-31)14-34-15-25/h3-6,8,11-12,16-17H,7,9-10,13-15H2,1-2H3,(H,28,32)/t17-/m1/s1. The Hall–Kier alpha value is -3.59. The van der Waals surface area contributed by atoms with Crippen LogP contribution in [0.15, 0.2) is 48.9 Å². The van der Waals surface area contributed by atoms with E-state index < -0.39 is 0 Å². The van der Waals surface area contributed by atoms with Crippen molar-refractivity contribution >= 4 is 17.5 Å². The van der Waals surface area contributed by atoms with Gasteiger partial charge in [0, 0.05) is 49.4 Å². The van der Waals surface area contributed by atoms with Crippen LogP contribution < -0.4 is 5.32 Å². The van der Waals surface area contributed by atoms with Crippen LogP contribution in [0.4, 0.5) is 5.69 Å². The van der Waals surface area contributed by atoms with Crippen molar-refractivity contribution < 1.29 is 14.3 Å². The number of ether oxygens (including phenoxy) is 1.